The van der Waals surface area contributed by atoms with Gasteiger partial charge in [0.2, 0.25) is 0 Å². The summed E-state index contributed by atoms with van der Waals surface area (Å²) in [5.74, 6) is -0.283. The summed E-state index contributed by atoms with van der Waals surface area (Å²) in [4.78, 5) is 34.1. The summed E-state index contributed by atoms with van der Waals surface area (Å²) >= 11 is 1.55. The Kier molecular flexibility index (Phi) is 6.84. The van der Waals surface area contributed by atoms with E-state index in [-0.39, 0.29) is 11.3 Å². The first-order chi connectivity index (χ1) is 10.4. The third-order valence-electron chi connectivity index (χ3n) is 3.06. The number of rotatable bonds is 7. The summed E-state index contributed by atoms with van der Waals surface area (Å²) in [5, 5.41) is 13.4. The lowest BCUT2D eigenvalue weighted by Crippen LogP contribution is -2.42. The molecular weight excluding hydrogens is 308 g/mol. The Hall–Kier alpha value is -2.09. The third kappa shape index (κ3) is 4.73. The van der Waals surface area contributed by atoms with Gasteiger partial charge in [-0.1, -0.05) is 0 Å². The molecule has 1 atom stereocenters. The number of esters is 1. The van der Waals surface area contributed by atoms with Crippen molar-refractivity contribution in [3.63, 3.8) is 0 Å². The van der Waals surface area contributed by atoms with Gasteiger partial charge >= 0.3 is 5.97 Å². The molecule has 1 N–H and O–H groups in total. The van der Waals surface area contributed by atoms with Crippen LogP contribution in [0.5, 0.6) is 0 Å². The zero-order chi connectivity index (χ0) is 16.7. The van der Waals surface area contributed by atoms with Gasteiger partial charge in [-0.3, -0.25) is 14.9 Å². The molecule has 0 unspecified atom stereocenters. The highest BCUT2D eigenvalue weighted by Crippen LogP contribution is 2.19. The van der Waals surface area contributed by atoms with Crippen LogP contribution >= 0.6 is 11.8 Å². The van der Waals surface area contributed by atoms with Gasteiger partial charge in [0.05, 0.1) is 12.0 Å². The number of benzene rings is 1. The Bertz CT molecular complexity index is 576. The maximum atomic E-state index is 12.2. The van der Waals surface area contributed by atoms with Crippen molar-refractivity contribution in [1.29, 1.82) is 0 Å². The van der Waals surface area contributed by atoms with Crippen LogP contribution in [0.25, 0.3) is 0 Å². The molecule has 0 aliphatic heterocycles. The molecule has 1 amide bonds. The average molecular weight is 326 g/mol. The fourth-order valence-corrected chi connectivity index (χ4v) is 2.34. The minimum atomic E-state index is -0.736. The summed E-state index contributed by atoms with van der Waals surface area (Å²) in [7, 11) is 1.26. The fourth-order valence-electron chi connectivity index (χ4n) is 1.87. The number of carbonyl (C=O) groups excluding carboxylic acids is 2. The molecule has 22 heavy (non-hydrogen) atoms. The van der Waals surface area contributed by atoms with E-state index < -0.39 is 22.8 Å². The maximum absolute atomic E-state index is 12.2. The van der Waals surface area contributed by atoms with E-state index in [2.05, 4.69) is 10.1 Å². The van der Waals surface area contributed by atoms with Gasteiger partial charge in [-0.2, -0.15) is 11.8 Å². The summed E-state index contributed by atoms with van der Waals surface area (Å²) in [6.07, 6.45) is 2.35. The summed E-state index contributed by atoms with van der Waals surface area (Å²) < 4.78 is 4.67. The van der Waals surface area contributed by atoms with Gasteiger partial charge in [-0.05, 0) is 37.5 Å². The molecule has 1 aromatic rings. The molecule has 1 aromatic carbocycles. The normalized spacial score (nSPS) is 11.6. The highest BCUT2D eigenvalue weighted by Gasteiger charge is 2.22. The van der Waals surface area contributed by atoms with Crippen molar-refractivity contribution in [3.8, 4) is 0 Å². The van der Waals surface area contributed by atoms with Crippen molar-refractivity contribution in [3.05, 3.63) is 39.4 Å². The number of nitrogens with zero attached hydrogens (tertiary/aromatic N) is 1. The van der Waals surface area contributed by atoms with Gasteiger partial charge in [-0.25, -0.2) is 4.79 Å². The maximum Gasteiger partial charge on any atom is 0.328 e. The van der Waals surface area contributed by atoms with Crippen molar-refractivity contribution in [2.24, 2.45) is 0 Å². The van der Waals surface area contributed by atoms with Crippen LogP contribution in [0, 0.1) is 17.0 Å². The number of nitrogens with one attached hydrogen (secondary N) is 1. The Labute approximate surface area is 132 Å². The van der Waals surface area contributed by atoms with E-state index in [1.807, 2.05) is 6.26 Å². The van der Waals surface area contributed by atoms with E-state index in [0.717, 1.165) is 0 Å². The van der Waals surface area contributed by atoms with Crippen LogP contribution in [0.1, 0.15) is 22.3 Å². The fraction of sp³-hybridized carbons (Fsp3) is 0.429. The first-order valence-corrected chi connectivity index (χ1v) is 7.92. The number of hydrogen-bond acceptors (Lipinski definition) is 6. The molecule has 0 saturated carbocycles. The van der Waals surface area contributed by atoms with E-state index in [1.165, 1.54) is 25.3 Å². The van der Waals surface area contributed by atoms with Gasteiger partial charge in [0.1, 0.15) is 6.04 Å². The minimum Gasteiger partial charge on any atom is -0.467 e. The Morgan fingerprint density at radius 2 is 2.14 bits per heavy atom. The van der Waals surface area contributed by atoms with Gasteiger partial charge in [-0.15, -0.1) is 0 Å². The average Bonchev–Trinajstić information content (AvgIpc) is 2.49. The van der Waals surface area contributed by atoms with Crippen molar-refractivity contribution >= 4 is 29.3 Å². The number of carbonyl (C=O) groups is 2. The second-order valence-corrected chi connectivity index (χ2v) is 5.57. The molecule has 0 fully saturated rings. The zero-order valence-corrected chi connectivity index (χ0v) is 13.4. The van der Waals surface area contributed by atoms with Crippen molar-refractivity contribution < 1.29 is 19.2 Å². The first-order valence-electron chi connectivity index (χ1n) is 6.53. The smallest absolute Gasteiger partial charge is 0.328 e. The number of ether oxygens (including phenoxy) is 1. The number of aryl methyl sites for hydroxylation is 1. The van der Waals surface area contributed by atoms with Gasteiger partial charge in [0, 0.05) is 17.2 Å². The molecule has 0 aliphatic carbocycles. The van der Waals surface area contributed by atoms with E-state index in [0.29, 0.717) is 17.7 Å². The third-order valence-corrected chi connectivity index (χ3v) is 3.70. The predicted octanol–water partition coefficient (Wildman–Crippen LogP) is 1.93. The molecule has 0 aromatic heterocycles. The zero-order valence-electron chi connectivity index (χ0n) is 12.6. The largest absolute Gasteiger partial charge is 0.467 e. The number of nitro benzene ring substituents is 1. The van der Waals surface area contributed by atoms with Gasteiger partial charge < -0.3 is 10.1 Å². The predicted molar refractivity (Wildman–Crippen MR) is 84.1 cm³/mol. The second-order valence-electron chi connectivity index (χ2n) is 4.59. The van der Waals surface area contributed by atoms with E-state index in [4.69, 9.17) is 0 Å². The molecule has 120 valence electrons. The summed E-state index contributed by atoms with van der Waals surface area (Å²) in [6.45, 7) is 1.56. The van der Waals surface area contributed by atoms with Crippen LogP contribution in [0.2, 0.25) is 0 Å². The van der Waals surface area contributed by atoms with E-state index in [1.54, 1.807) is 18.7 Å². The second kappa shape index (κ2) is 8.38. The highest BCUT2D eigenvalue weighted by atomic mass is 32.2. The molecule has 0 heterocycles. The van der Waals surface area contributed by atoms with Crippen LogP contribution < -0.4 is 5.32 Å². The molecule has 0 radical (unpaired) electrons. The Balaban J connectivity index is 2.87. The number of hydrogen-bond donors (Lipinski definition) is 1. The van der Waals surface area contributed by atoms with Crippen molar-refractivity contribution in [2.45, 2.75) is 19.4 Å². The Morgan fingerprint density at radius 3 is 2.64 bits per heavy atom. The highest BCUT2D eigenvalue weighted by molar-refractivity contribution is 7.98. The van der Waals surface area contributed by atoms with Gasteiger partial charge in [0.15, 0.2) is 0 Å². The first kappa shape index (κ1) is 18.0. The molecule has 0 spiro atoms. The molecule has 1 rings (SSSR count). The minimum absolute atomic E-state index is 0.0524. The Morgan fingerprint density at radius 1 is 1.45 bits per heavy atom. The quantitative estimate of drug-likeness (QED) is 0.467. The van der Waals surface area contributed by atoms with Gasteiger partial charge in [0.25, 0.3) is 11.6 Å². The summed E-state index contributed by atoms with van der Waals surface area (Å²) in [5.41, 5.74) is 0.598. The lowest BCUT2D eigenvalue weighted by molar-refractivity contribution is -0.385. The lowest BCUT2D eigenvalue weighted by Gasteiger charge is -2.16. The molecule has 0 bridgehead atoms. The van der Waals surface area contributed by atoms with Crippen LogP contribution in [0.4, 0.5) is 5.69 Å². The topological polar surface area (TPSA) is 98.5 Å². The molecule has 8 heteroatoms. The molecule has 0 saturated heterocycles. The standard InChI is InChI=1S/C14H18N2O5S/c1-9-8-10(4-5-12(9)16(19)20)13(17)15-11(6-7-22-3)14(18)21-2/h4-5,8,11H,6-7H2,1-3H3,(H,15,17)/t11-/m0/s1. The molecular formula is C14H18N2O5S. The van der Waals surface area contributed by atoms with Crippen LogP contribution in [0.15, 0.2) is 18.2 Å². The van der Waals surface area contributed by atoms with Crippen molar-refractivity contribution in [1.82, 2.24) is 5.32 Å². The van der Waals surface area contributed by atoms with Crippen molar-refractivity contribution in [2.75, 3.05) is 19.1 Å². The number of nitro groups is 1. The van der Waals surface area contributed by atoms with E-state index >= 15 is 0 Å². The molecule has 0 aliphatic rings. The molecule has 7 nitrogen and oxygen atoms in total. The van der Waals surface area contributed by atoms with Crippen LogP contribution in [0.3, 0.4) is 0 Å². The SMILES string of the molecule is COC(=O)[C@H](CCSC)NC(=O)c1ccc([N+](=O)[O-])c(C)c1. The lowest BCUT2D eigenvalue weighted by atomic mass is 10.1. The van der Waals surface area contributed by atoms with Crippen LogP contribution in [-0.2, 0) is 9.53 Å². The number of amides is 1. The van der Waals surface area contributed by atoms with Crippen LogP contribution in [-0.4, -0.2) is 42.0 Å². The summed E-state index contributed by atoms with van der Waals surface area (Å²) in [6, 6.07) is 3.33. The number of methoxy groups -OCH3 is 1. The number of thioether (sulfide) groups is 1. The van der Waals surface area contributed by atoms with E-state index in [9.17, 15) is 19.7 Å². The monoisotopic (exact) mass is 326 g/mol.